The number of fused-ring (bicyclic) bond motifs is 6. The second kappa shape index (κ2) is 5.48. The number of rotatable bonds is 1. The number of carbonyl (C=O) groups is 2. The molecule has 1 aliphatic heterocycles. The van der Waals surface area contributed by atoms with Crippen molar-refractivity contribution in [3.8, 4) is 0 Å². The molecule has 0 bridgehead atoms. The highest BCUT2D eigenvalue weighted by Crippen LogP contribution is 2.69. The van der Waals surface area contributed by atoms with Crippen LogP contribution in [0.2, 0.25) is 0 Å². The average Bonchev–Trinajstić information content (AvgIpc) is 3.14. The van der Waals surface area contributed by atoms with Crippen molar-refractivity contribution < 1.29 is 19.1 Å². The molecule has 1 heterocycles. The van der Waals surface area contributed by atoms with Gasteiger partial charge in [0, 0.05) is 11.8 Å². The lowest BCUT2D eigenvalue weighted by Crippen LogP contribution is -2.57. The van der Waals surface area contributed by atoms with Crippen LogP contribution >= 0.6 is 0 Å². The summed E-state index contributed by atoms with van der Waals surface area (Å²) >= 11 is 0. The molecular formula is C23H30O4. The third-order valence-electron chi connectivity index (χ3n) is 9.20. The van der Waals surface area contributed by atoms with E-state index < -0.39 is 5.60 Å². The minimum absolute atomic E-state index is 0.105. The quantitative estimate of drug-likeness (QED) is 0.689. The van der Waals surface area contributed by atoms with Crippen molar-refractivity contribution in [2.45, 2.75) is 70.8 Å². The van der Waals surface area contributed by atoms with Crippen LogP contribution in [0.4, 0.5) is 0 Å². The van der Waals surface area contributed by atoms with Crippen LogP contribution in [0.3, 0.4) is 0 Å². The number of ketones is 2. The first kappa shape index (κ1) is 17.5. The predicted octanol–water partition coefficient (Wildman–Crippen LogP) is 4.34. The standard InChI is InChI=1S/C23H30O4/c1-21-9-6-15(24)12-14(21)4-5-16-17(21)7-10-22(2)18(16)8-11-23(22)19(25)13-20(26-3)27-23/h12-13,16-18H,4-11H2,1-3H3/t16-,17+,18+,21+,22+,23+/m1/s1. The normalized spacial score (nSPS) is 48.3. The van der Waals surface area contributed by atoms with E-state index in [1.165, 1.54) is 5.57 Å². The van der Waals surface area contributed by atoms with Crippen molar-refractivity contribution in [3.05, 3.63) is 23.7 Å². The summed E-state index contributed by atoms with van der Waals surface area (Å²) in [5.74, 6) is 2.57. The molecule has 3 fully saturated rings. The Morgan fingerprint density at radius 1 is 1.00 bits per heavy atom. The van der Waals surface area contributed by atoms with Gasteiger partial charge in [-0.05, 0) is 74.2 Å². The lowest BCUT2D eigenvalue weighted by Gasteiger charge is -2.58. The van der Waals surface area contributed by atoms with Crippen LogP contribution < -0.4 is 0 Å². The predicted molar refractivity (Wildman–Crippen MR) is 101 cm³/mol. The molecular weight excluding hydrogens is 340 g/mol. The number of allylic oxidation sites excluding steroid dienone is 1. The Hall–Kier alpha value is -1.58. The fraction of sp³-hybridized carbons (Fsp3) is 0.739. The van der Waals surface area contributed by atoms with Gasteiger partial charge in [0.05, 0.1) is 13.2 Å². The molecule has 146 valence electrons. The highest BCUT2D eigenvalue weighted by molar-refractivity contribution is 6.00. The second-order valence-corrected chi connectivity index (χ2v) is 9.92. The van der Waals surface area contributed by atoms with E-state index in [0.29, 0.717) is 35.9 Å². The van der Waals surface area contributed by atoms with Crippen LogP contribution in [0.5, 0.6) is 0 Å². The van der Waals surface area contributed by atoms with E-state index in [-0.39, 0.29) is 16.6 Å². The second-order valence-electron chi connectivity index (χ2n) is 9.92. The molecule has 3 saturated carbocycles. The zero-order valence-corrected chi connectivity index (χ0v) is 16.7. The van der Waals surface area contributed by atoms with E-state index in [1.54, 1.807) is 13.2 Å². The van der Waals surface area contributed by atoms with E-state index in [9.17, 15) is 9.59 Å². The molecule has 0 aromatic rings. The summed E-state index contributed by atoms with van der Waals surface area (Å²) in [6, 6.07) is 0. The molecule has 0 N–H and O–H groups in total. The van der Waals surface area contributed by atoms with Gasteiger partial charge in [0.2, 0.25) is 5.78 Å². The molecule has 4 nitrogen and oxygen atoms in total. The summed E-state index contributed by atoms with van der Waals surface area (Å²) in [4.78, 5) is 25.0. The van der Waals surface area contributed by atoms with E-state index in [2.05, 4.69) is 13.8 Å². The molecule has 4 aliphatic carbocycles. The SMILES string of the molecule is COC1=CC(=O)[C@]2(CC[C@H]3[C@@H]4CCC5=CC(=O)CC[C@]5(C)[C@H]4CC[C@@]32C)O1. The Morgan fingerprint density at radius 3 is 2.52 bits per heavy atom. The van der Waals surface area contributed by atoms with Crippen LogP contribution in [0, 0.1) is 28.6 Å². The van der Waals surface area contributed by atoms with E-state index in [1.807, 2.05) is 6.08 Å². The monoisotopic (exact) mass is 370 g/mol. The van der Waals surface area contributed by atoms with E-state index in [4.69, 9.17) is 9.47 Å². The Kier molecular flexibility index (Phi) is 3.56. The number of hydrogen-bond acceptors (Lipinski definition) is 4. The Bertz CT molecular complexity index is 779. The van der Waals surface area contributed by atoms with Gasteiger partial charge in [-0.3, -0.25) is 9.59 Å². The van der Waals surface area contributed by atoms with Gasteiger partial charge >= 0.3 is 0 Å². The molecule has 0 amide bonds. The summed E-state index contributed by atoms with van der Waals surface area (Å²) < 4.78 is 11.5. The lowest BCUT2D eigenvalue weighted by molar-refractivity contribution is -0.165. The lowest BCUT2D eigenvalue weighted by atomic mass is 9.46. The summed E-state index contributed by atoms with van der Waals surface area (Å²) in [6.45, 7) is 4.70. The Balaban J connectivity index is 1.49. The molecule has 27 heavy (non-hydrogen) atoms. The molecule has 0 radical (unpaired) electrons. The first-order chi connectivity index (χ1) is 12.8. The van der Waals surface area contributed by atoms with Gasteiger partial charge in [-0.1, -0.05) is 19.4 Å². The van der Waals surface area contributed by atoms with Crippen molar-refractivity contribution in [1.29, 1.82) is 0 Å². The molecule has 5 aliphatic rings. The van der Waals surface area contributed by atoms with Gasteiger partial charge in [0.1, 0.15) is 0 Å². The van der Waals surface area contributed by atoms with Gasteiger partial charge < -0.3 is 9.47 Å². The minimum Gasteiger partial charge on any atom is -0.469 e. The van der Waals surface area contributed by atoms with Crippen molar-refractivity contribution in [2.75, 3.05) is 7.11 Å². The number of ether oxygens (including phenoxy) is 2. The molecule has 0 unspecified atom stereocenters. The Labute approximate surface area is 161 Å². The van der Waals surface area contributed by atoms with Crippen molar-refractivity contribution in [2.24, 2.45) is 28.6 Å². The molecule has 4 heteroatoms. The number of hydrogen-bond donors (Lipinski definition) is 0. The molecule has 1 spiro atoms. The average molecular weight is 370 g/mol. The van der Waals surface area contributed by atoms with Crippen molar-refractivity contribution in [1.82, 2.24) is 0 Å². The largest absolute Gasteiger partial charge is 0.469 e. The van der Waals surface area contributed by atoms with Crippen LogP contribution in [0.15, 0.2) is 23.7 Å². The van der Waals surface area contributed by atoms with Gasteiger partial charge in [-0.15, -0.1) is 0 Å². The van der Waals surface area contributed by atoms with Crippen LogP contribution in [0.25, 0.3) is 0 Å². The van der Waals surface area contributed by atoms with E-state index in [0.717, 1.165) is 44.9 Å². The highest BCUT2D eigenvalue weighted by atomic mass is 16.7. The molecule has 0 saturated heterocycles. The highest BCUT2D eigenvalue weighted by Gasteiger charge is 2.69. The minimum atomic E-state index is -0.715. The maximum Gasteiger partial charge on any atom is 0.283 e. The summed E-state index contributed by atoms with van der Waals surface area (Å²) in [7, 11) is 1.57. The van der Waals surface area contributed by atoms with Crippen LogP contribution in [0.1, 0.15) is 65.2 Å². The smallest absolute Gasteiger partial charge is 0.283 e. The van der Waals surface area contributed by atoms with Gasteiger partial charge in [-0.2, -0.15) is 0 Å². The van der Waals surface area contributed by atoms with Gasteiger partial charge in [0.25, 0.3) is 5.95 Å². The summed E-state index contributed by atoms with van der Waals surface area (Å²) in [5, 5.41) is 0. The third-order valence-corrected chi connectivity index (χ3v) is 9.20. The fourth-order valence-corrected chi connectivity index (χ4v) is 7.71. The first-order valence-corrected chi connectivity index (χ1v) is 10.6. The van der Waals surface area contributed by atoms with Crippen LogP contribution in [-0.2, 0) is 19.1 Å². The van der Waals surface area contributed by atoms with Crippen molar-refractivity contribution >= 4 is 11.6 Å². The topological polar surface area (TPSA) is 52.6 Å². The molecule has 6 atom stereocenters. The molecule has 0 aromatic carbocycles. The zero-order valence-electron chi connectivity index (χ0n) is 16.7. The number of carbonyl (C=O) groups excluding carboxylic acids is 2. The summed E-state index contributed by atoms with van der Waals surface area (Å²) in [6.07, 6.45) is 11.4. The summed E-state index contributed by atoms with van der Waals surface area (Å²) in [5.41, 5.74) is 0.731. The van der Waals surface area contributed by atoms with E-state index >= 15 is 0 Å². The van der Waals surface area contributed by atoms with Crippen molar-refractivity contribution in [3.63, 3.8) is 0 Å². The maximum atomic E-state index is 13.0. The maximum absolute atomic E-state index is 13.0. The third kappa shape index (κ3) is 2.05. The Morgan fingerprint density at radius 2 is 1.78 bits per heavy atom. The van der Waals surface area contributed by atoms with Crippen LogP contribution in [-0.4, -0.2) is 24.3 Å². The fourth-order valence-electron chi connectivity index (χ4n) is 7.71. The zero-order chi connectivity index (χ0) is 19.0. The first-order valence-electron chi connectivity index (χ1n) is 10.6. The number of methoxy groups -OCH3 is 1. The molecule has 5 rings (SSSR count). The van der Waals surface area contributed by atoms with Gasteiger partial charge in [-0.25, -0.2) is 0 Å². The molecule has 0 aromatic heterocycles. The van der Waals surface area contributed by atoms with Gasteiger partial charge in [0.15, 0.2) is 11.4 Å².